The molecule has 2 heterocycles. The van der Waals surface area contributed by atoms with Gasteiger partial charge in [0.25, 0.3) is 0 Å². The molecule has 11 heteroatoms. The summed E-state index contributed by atoms with van der Waals surface area (Å²) < 4.78 is 17.1. The molecular formula is C11H13ClN5O4P. The van der Waals surface area contributed by atoms with Crippen molar-refractivity contribution in [3.8, 4) is 0 Å². The third-order valence-corrected chi connectivity index (χ3v) is 4.11. The van der Waals surface area contributed by atoms with Crippen molar-refractivity contribution < 1.29 is 18.9 Å². The monoisotopic (exact) mass is 345 g/mol. The van der Waals surface area contributed by atoms with Crippen LogP contribution in [-0.2, 0) is 9.09 Å². The number of allylic oxidation sites excluding steroid dienone is 1. The number of aromatic nitrogens is 4. The summed E-state index contributed by atoms with van der Waals surface area (Å²) in [5.41, 5.74) is 6.58. The van der Waals surface area contributed by atoms with Crippen molar-refractivity contribution in [2.45, 2.75) is 12.5 Å². The van der Waals surface area contributed by atoms with E-state index in [1.165, 1.54) is 0 Å². The molecule has 0 saturated heterocycles. The van der Waals surface area contributed by atoms with E-state index in [0.717, 1.165) is 0 Å². The molecule has 0 bridgehead atoms. The smallest absolute Gasteiger partial charge is 0.368 e. The first kappa shape index (κ1) is 15.4. The van der Waals surface area contributed by atoms with Crippen molar-refractivity contribution >= 4 is 36.5 Å². The lowest BCUT2D eigenvalue weighted by molar-refractivity contribution is 0.177. The molecule has 9 nitrogen and oxygen atoms in total. The summed E-state index contributed by atoms with van der Waals surface area (Å²) in [6.07, 6.45) is 5.94. The van der Waals surface area contributed by atoms with E-state index in [1.54, 1.807) is 10.9 Å². The predicted octanol–water partition coefficient (Wildman–Crippen LogP) is 1.29. The molecule has 0 aliphatic heterocycles. The van der Waals surface area contributed by atoms with Crippen LogP contribution in [0.4, 0.5) is 5.95 Å². The van der Waals surface area contributed by atoms with E-state index < -0.39 is 7.82 Å². The number of fused-ring (bicyclic) bond motifs is 1. The summed E-state index contributed by atoms with van der Waals surface area (Å²) in [5.74, 6) is -0.0488. The summed E-state index contributed by atoms with van der Waals surface area (Å²) in [6, 6.07) is -0.0688. The topological polar surface area (TPSA) is 136 Å². The summed E-state index contributed by atoms with van der Waals surface area (Å²) in [7, 11) is -4.46. The molecule has 0 spiro atoms. The van der Waals surface area contributed by atoms with Crippen molar-refractivity contribution in [1.82, 2.24) is 19.5 Å². The molecule has 2 atom stereocenters. The van der Waals surface area contributed by atoms with Gasteiger partial charge >= 0.3 is 7.82 Å². The Balaban J connectivity index is 1.79. The maximum Gasteiger partial charge on any atom is 0.469 e. The zero-order valence-corrected chi connectivity index (χ0v) is 12.9. The minimum atomic E-state index is -4.46. The van der Waals surface area contributed by atoms with E-state index in [2.05, 4.69) is 19.5 Å². The number of hydrogen-bond donors (Lipinski definition) is 3. The zero-order valence-electron chi connectivity index (χ0n) is 11.2. The second kappa shape index (κ2) is 5.60. The largest absolute Gasteiger partial charge is 0.469 e. The predicted molar refractivity (Wildman–Crippen MR) is 79.0 cm³/mol. The highest BCUT2D eigenvalue weighted by molar-refractivity contribution is 7.46. The molecule has 0 fully saturated rings. The highest BCUT2D eigenvalue weighted by Gasteiger charge is 2.25. The first-order valence-electron chi connectivity index (χ1n) is 6.37. The maximum absolute atomic E-state index is 10.7. The number of nitrogens with zero attached hydrogens (tertiary/aromatic N) is 4. The van der Waals surface area contributed by atoms with Crippen LogP contribution < -0.4 is 5.73 Å². The number of anilines is 1. The van der Waals surface area contributed by atoms with Crippen LogP contribution >= 0.6 is 19.4 Å². The molecule has 1 aliphatic carbocycles. The molecule has 22 heavy (non-hydrogen) atoms. The SMILES string of the molecule is Nc1nc(Cl)c2ncn([C@H]3C=C[C@@H](COP(=O)(O)O)C3)c2n1. The van der Waals surface area contributed by atoms with Gasteiger partial charge in [-0.15, -0.1) is 0 Å². The summed E-state index contributed by atoms with van der Waals surface area (Å²) in [6.45, 7) is -0.0538. The molecule has 0 radical (unpaired) electrons. The van der Waals surface area contributed by atoms with Gasteiger partial charge in [-0.1, -0.05) is 23.8 Å². The first-order valence-corrected chi connectivity index (χ1v) is 8.28. The second-order valence-corrected chi connectivity index (χ2v) is 6.53. The molecule has 0 aromatic carbocycles. The van der Waals surface area contributed by atoms with Crippen molar-refractivity contribution in [3.63, 3.8) is 0 Å². The van der Waals surface area contributed by atoms with E-state index in [1.807, 2.05) is 12.2 Å². The van der Waals surface area contributed by atoms with Gasteiger partial charge in [-0.3, -0.25) is 4.52 Å². The number of hydrogen-bond acceptors (Lipinski definition) is 6. The van der Waals surface area contributed by atoms with Crippen molar-refractivity contribution in [1.29, 1.82) is 0 Å². The molecule has 3 rings (SSSR count). The zero-order chi connectivity index (χ0) is 15.9. The fraction of sp³-hybridized carbons (Fsp3) is 0.364. The van der Waals surface area contributed by atoms with Gasteiger partial charge in [0.2, 0.25) is 5.95 Å². The normalized spacial score (nSPS) is 21.8. The molecule has 2 aromatic rings. The minimum absolute atomic E-state index is 0.0538. The number of phosphoric ester groups is 1. The van der Waals surface area contributed by atoms with Gasteiger partial charge < -0.3 is 20.1 Å². The van der Waals surface area contributed by atoms with E-state index >= 15 is 0 Å². The third-order valence-electron chi connectivity index (χ3n) is 3.36. The molecule has 2 aromatic heterocycles. The van der Waals surface area contributed by atoms with E-state index in [9.17, 15) is 4.57 Å². The van der Waals surface area contributed by atoms with Crippen LogP contribution in [0.15, 0.2) is 18.5 Å². The quantitative estimate of drug-likeness (QED) is 0.428. The third kappa shape index (κ3) is 3.13. The Kier molecular flexibility index (Phi) is 3.92. The Morgan fingerprint density at radius 1 is 1.45 bits per heavy atom. The average molecular weight is 346 g/mol. The van der Waals surface area contributed by atoms with E-state index in [-0.39, 0.29) is 29.7 Å². The molecule has 1 aliphatic rings. The van der Waals surface area contributed by atoms with Crippen LogP contribution in [-0.4, -0.2) is 35.9 Å². The average Bonchev–Trinajstić information content (AvgIpc) is 3.01. The van der Waals surface area contributed by atoms with Crippen molar-refractivity contribution in [2.75, 3.05) is 12.3 Å². The lowest BCUT2D eigenvalue weighted by Crippen LogP contribution is -2.10. The fourth-order valence-corrected chi connectivity index (χ4v) is 3.02. The standard InChI is InChI=1S/C11H13ClN5O4P/c12-9-8-10(16-11(13)15-9)17(5-14-8)7-2-1-6(3-7)4-21-22(18,19)20/h1-2,5-7H,3-4H2,(H2,13,15,16)(H2,18,19,20)/t6-,7+/m1/s1. The van der Waals surface area contributed by atoms with Crippen LogP contribution in [0.1, 0.15) is 12.5 Å². The first-order chi connectivity index (χ1) is 10.3. The van der Waals surface area contributed by atoms with Crippen LogP contribution in [0, 0.1) is 5.92 Å². The Morgan fingerprint density at radius 3 is 2.95 bits per heavy atom. The number of halogens is 1. The van der Waals surface area contributed by atoms with Gasteiger partial charge in [0.1, 0.15) is 5.52 Å². The van der Waals surface area contributed by atoms with Gasteiger partial charge in [0, 0.05) is 5.92 Å². The number of nitrogens with two attached hydrogens (primary N) is 1. The van der Waals surface area contributed by atoms with Crippen LogP contribution in [0.3, 0.4) is 0 Å². The Labute approximate surface area is 130 Å². The lowest BCUT2D eigenvalue weighted by Gasteiger charge is -2.14. The summed E-state index contributed by atoms with van der Waals surface area (Å²) in [4.78, 5) is 29.6. The highest BCUT2D eigenvalue weighted by atomic mass is 35.5. The number of phosphoric acid groups is 1. The van der Waals surface area contributed by atoms with Gasteiger partial charge in [-0.25, -0.2) is 9.55 Å². The summed E-state index contributed by atoms with van der Waals surface area (Å²) >= 11 is 5.98. The van der Waals surface area contributed by atoms with Gasteiger partial charge in [-0.05, 0) is 6.42 Å². The van der Waals surface area contributed by atoms with Gasteiger partial charge in [0.05, 0.1) is 19.0 Å². The van der Waals surface area contributed by atoms with Gasteiger partial charge in [0.15, 0.2) is 10.8 Å². The Morgan fingerprint density at radius 2 is 2.23 bits per heavy atom. The highest BCUT2D eigenvalue weighted by Crippen LogP contribution is 2.39. The van der Waals surface area contributed by atoms with E-state index in [0.29, 0.717) is 17.6 Å². The fourth-order valence-electron chi connectivity index (χ4n) is 2.42. The molecule has 4 N–H and O–H groups in total. The van der Waals surface area contributed by atoms with Gasteiger partial charge in [-0.2, -0.15) is 9.97 Å². The van der Waals surface area contributed by atoms with Crippen LogP contribution in [0.25, 0.3) is 11.2 Å². The maximum atomic E-state index is 10.7. The van der Waals surface area contributed by atoms with Crippen molar-refractivity contribution in [2.24, 2.45) is 5.92 Å². The molecule has 0 amide bonds. The molecule has 118 valence electrons. The number of nitrogen functional groups attached to an aromatic ring is 1. The van der Waals surface area contributed by atoms with Crippen LogP contribution in [0.5, 0.6) is 0 Å². The Hall–Kier alpha value is -1.51. The van der Waals surface area contributed by atoms with Crippen molar-refractivity contribution in [3.05, 3.63) is 23.6 Å². The molecule has 0 saturated carbocycles. The Bertz CT molecular complexity index is 788. The van der Waals surface area contributed by atoms with Crippen LogP contribution in [0.2, 0.25) is 5.15 Å². The minimum Gasteiger partial charge on any atom is -0.368 e. The second-order valence-electron chi connectivity index (χ2n) is 4.93. The molecule has 0 unspecified atom stereocenters. The number of rotatable bonds is 4. The number of imidazole rings is 1. The summed E-state index contributed by atoms with van der Waals surface area (Å²) in [5, 5.41) is 0.185. The van der Waals surface area contributed by atoms with E-state index in [4.69, 9.17) is 27.1 Å². The lowest BCUT2D eigenvalue weighted by atomic mass is 10.1. The molecular weight excluding hydrogens is 333 g/mol.